The fourth-order valence-electron chi connectivity index (χ4n) is 3.94. The van der Waals surface area contributed by atoms with Crippen LogP contribution in [0.25, 0.3) is 0 Å². The molecule has 5 nitrogen and oxygen atoms in total. The first-order chi connectivity index (χ1) is 14.3. The number of benzene rings is 2. The van der Waals surface area contributed by atoms with E-state index in [0.29, 0.717) is 11.6 Å². The van der Waals surface area contributed by atoms with Gasteiger partial charge < -0.3 is 9.47 Å². The van der Waals surface area contributed by atoms with Gasteiger partial charge in [-0.25, -0.2) is 5.01 Å². The summed E-state index contributed by atoms with van der Waals surface area (Å²) in [5.74, 6) is 1.51. The zero-order valence-corrected chi connectivity index (χ0v) is 16.7. The number of pyridine rings is 1. The maximum absolute atomic E-state index is 6.53. The summed E-state index contributed by atoms with van der Waals surface area (Å²) in [6.07, 6.45) is 3.95. The maximum Gasteiger partial charge on any atom is 0.215 e. The molecule has 3 heterocycles. The molecule has 2 atom stereocenters. The van der Waals surface area contributed by atoms with Crippen molar-refractivity contribution >= 4 is 17.3 Å². The average molecular weight is 406 g/mol. The Morgan fingerprint density at radius 3 is 2.76 bits per heavy atom. The number of hydrazone groups is 1. The Hall–Kier alpha value is -3.05. The summed E-state index contributed by atoms with van der Waals surface area (Å²) >= 11 is 6.53. The van der Waals surface area contributed by atoms with Gasteiger partial charge in [0.25, 0.3) is 0 Å². The number of hydrogen-bond donors (Lipinski definition) is 0. The minimum atomic E-state index is -0.433. The minimum Gasteiger partial charge on any atom is -0.490 e. The first-order valence-electron chi connectivity index (χ1n) is 9.69. The summed E-state index contributed by atoms with van der Waals surface area (Å²) in [7, 11) is 0. The number of nitrogens with zero attached hydrogens (tertiary/aromatic N) is 3. The maximum atomic E-state index is 6.53. The van der Waals surface area contributed by atoms with Crippen LogP contribution in [0, 0.1) is 0 Å². The fraction of sp³-hybridized carbons (Fsp3) is 0.217. The molecule has 0 spiro atoms. The third kappa shape index (κ3) is 3.12. The number of hydrogen-bond acceptors (Lipinski definition) is 5. The highest BCUT2D eigenvalue weighted by Gasteiger charge is 2.42. The van der Waals surface area contributed by atoms with E-state index >= 15 is 0 Å². The van der Waals surface area contributed by atoms with Gasteiger partial charge >= 0.3 is 0 Å². The Morgan fingerprint density at radius 1 is 1.10 bits per heavy atom. The largest absolute Gasteiger partial charge is 0.490 e. The molecule has 0 unspecified atom stereocenters. The molecule has 146 valence electrons. The number of para-hydroxylation sites is 1. The van der Waals surface area contributed by atoms with Crippen LogP contribution in [0.1, 0.15) is 42.3 Å². The van der Waals surface area contributed by atoms with Crippen LogP contribution in [0.2, 0.25) is 5.02 Å². The summed E-state index contributed by atoms with van der Waals surface area (Å²) < 4.78 is 12.3. The van der Waals surface area contributed by atoms with Crippen molar-refractivity contribution in [1.29, 1.82) is 0 Å². The van der Waals surface area contributed by atoms with Crippen molar-refractivity contribution < 1.29 is 9.47 Å². The third-order valence-corrected chi connectivity index (χ3v) is 5.59. The highest BCUT2D eigenvalue weighted by Crippen LogP contribution is 2.51. The van der Waals surface area contributed by atoms with Gasteiger partial charge in [0.15, 0.2) is 11.5 Å². The molecule has 6 heteroatoms. The van der Waals surface area contributed by atoms with Crippen molar-refractivity contribution in [3.63, 3.8) is 0 Å². The number of fused-ring (bicyclic) bond motifs is 3. The second-order valence-electron chi connectivity index (χ2n) is 6.99. The van der Waals surface area contributed by atoms with E-state index in [2.05, 4.69) is 11.1 Å². The van der Waals surface area contributed by atoms with Crippen molar-refractivity contribution in [2.24, 2.45) is 5.10 Å². The predicted octanol–water partition coefficient (Wildman–Crippen LogP) is 5.38. The van der Waals surface area contributed by atoms with Gasteiger partial charge in [-0.05, 0) is 25.1 Å². The average Bonchev–Trinajstić information content (AvgIpc) is 3.21. The van der Waals surface area contributed by atoms with Crippen LogP contribution in [0.15, 0.2) is 72.1 Å². The quantitative estimate of drug-likeness (QED) is 0.585. The summed E-state index contributed by atoms with van der Waals surface area (Å²) in [4.78, 5) is 4.25. The first kappa shape index (κ1) is 18.0. The van der Waals surface area contributed by atoms with Crippen molar-refractivity contribution in [2.45, 2.75) is 25.6 Å². The van der Waals surface area contributed by atoms with E-state index in [4.69, 9.17) is 26.2 Å². The van der Waals surface area contributed by atoms with Gasteiger partial charge in [0.05, 0.1) is 18.4 Å². The van der Waals surface area contributed by atoms with Crippen LogP contribution >= 0.6 is 11.6 Å². The molecule has 0 radical (unpaired) electrons. The van der Waals surface area contributed by atoms with Gasteiger partial charge in [-0.2, -0.15) is 5.10 Å². The summed E-state index contributed by atoms with van der Waals surface area (Å²) in [6.45, 7) is 2.54. The lowest BCUT2D eigenvalue weighted by Crippen LogP contribution is -2.34. The summed E-state index contributed by atoms with van der Waals surface area (Å²) in [5.41, 5.74) is 3.95. The van der Waals surface area contributed by atoms with Gasteiger partial charge in [0.1, 0.15) is 0 Å². The number of ether oxygens (including phenoxy) is 2. The lowest BCUT2D eigenvalue weighted by atomic mass is 9.96. The number of halogens is 1. The Kier molecular flexibility index (Phi) is 4.60. The summed E-state index contributed by atoms with van der Waals surface area (Å²) in [6, 6.07) is 17.8. The Bertz CT molecular complexity index is 1070. The Morgan fingerprint density at radius 2 is 1.97 bits per heavy atom. The zero-order chi connectivity index (χ0) is 19.8. The Labute approximate surface area is 174 Å². The van der Waals surface area contributed by atoms with Crippen molar-refractivity contribution in [1.82, 2.24) is 9.99 Å². The molecule has 2 aliphatic heterocycles. The molecule has 3 aromatic rings. The second kappa shape index (κ2) is 7.41. The van der Waals surface area contributed by atoms with Crippen molar-refractivity contribution in [3.8, 4) is 11.5 Å². The van der Waals surface area contributed by atoms with Crippen LogP contribution in [-0.2, 0) is 0 Å². The fourth-order valence-corrected chi connectivity index (χ4v) is 4.17. The van der Waals surface area contributed by atoms with Crippen molar-refractivity contribution in [3.05, 3.63) is 88.7 Å². The van der Waals surface area contributed by atoms with Crippen LogP contribution in [0.5, 0.6) is 11.5 Å². The molecule has 0 saturated heterocycles. The third-order valence-electron chi connectivity index (χ3n) is 5.25. The highest BCUT2D eigenvalue weighted by atomic mass is 35.5. The second-order valence-corrected chi connectivity index (χ2v) is 7.39. The monoisotopic (exact) mass is 405 g/mol. The molecule has 2 aromatic carbocycles. The molecule has 5 rings (SSSR count). The van der Waals surface area contributed by atoms with E-state index in [9.17, 15) is 0 Å². The van der Waals surface area contributed by atoms with Crippen LogP contribution in [-0.4, -0.2) is 22.3 Å². The van der Waals surface area contributed by atoms with Gasteiger partial charge in [0.2, 0.25) is 6.23 Å². The molecule has 2 aliphatic rings. The van der Waals surface area contributed by atoms with E-state index in [1.165, 1.54) is 0 Å². The molecule has 0 aliphatic carbocycles. The standard InChI is InChI=1S/C23H20ClN3O2/c1-2-28-21-11-5-9-17-20-13-19(15-7-6-12-25-14-15)26-27(20)23(29-22(17)21)16-8-3-4-10-18(16)24/h3-12,14,20,23H,2,13H2,1H3/t20-,23-/m1/s1. The lowest BCUT2D eigenvalue weighted by molar-refractivity contribution is -0.0211. The molecule has 0 saturated carbocycles. The minimum absolute atomic E-state index is 0.0376. The topological polar surface area (TPSA) is 47.0 Å². The normalized spacial score (nSPS) is 19.8. The van der Waals surface area contributed by atoms with E-state index in [-0.39, 0.29) is 6.04 Å². The molecular formula is C23H20ClN3O2. The summed E-state index contributed by atoms with van der Waals surface area (Å²) in [5, 5.41) is 7.61. The SMILES string of the molecule is CCOc1cccc2c1O[C@H](c1ccccc1Cl)N1N=C(c3cccnc3)C[C@H]21. The van der Waals surface area contributed by atoms with Gasteiger partial charge in [0, 0.05) is 40.5 Å². The molecule has 0 N–H and O–H groups in total. The molecule has 29 heavy (non-hydrogen) atoms. The first-order valence-corrected chi connectivity index (χ1v) is 10.1. The van der Waals surface area contributed by atoms with Crippen LogP contribution in [0.3, 0.4) is 0 Å². The van der Waals surface area contributed by atoms with Crippen LogP contribution in [0.4, 0.5) is 0 Å². The predicted molar refractivity (Wildman–Crippen MR) is 112 cm³/mol. The number of aromatic nitrogens is 1. The number of rotatable bonds is 4. The molecule has 0 bridgehead atoms. The Balaban J connectivity index is 1.64. The van der Waals surface area contributed by atoms with E-state index in [1.807, 2.05) is 66.7 Å². The van der Waals surface area contributed by atoms with Crippen LogP contribution < -0.4 is 9.47 Å². The highest BCUT2D eigenvalue weighted by molar-refractivity contribution is 6.31. The smallest absolute Gasteiger partial charge is 0.215 e. The van der Waals surface area contributed by atoms with E-state index < -0.39 is 6.23 Å². The van der Waals surface area contributed by atoms with E-state index in [1.54, 1.807) is 6.20 Å². The molecule has 1 aromatic heterocycles. The molecule has 0 amide bonds. The molecule has 0 fully saturated rings. The molecular weight excluding hydrogens is 386 g/mol. The van der Waals surface area contributed by atoms with Gasteiger partial charge in [-0.15, -0.1) is 0 Å². The zero-order valence-electron chi connectivity index (χ0n) is 16.0. The van der Waals surface area contributed by atoms with Gasteiger partial charge in [-0.3, -0.25) is 4.98 Å². The van der Waals surface area contributed by atoms with Gasteiger partial charge in [-0.1, -0.05) is 48.0 Å². The lowest BCUT2D eigenvalue weighted by Gasteiger charge is -2.39. The van der Waals surface area contributed by atoms with Crippen molar-refractivity contribution in [2.75, 3.05) is 6.61 Å². The van der Waals surface area contributed by atoms with E-state index in [0.717, 1.165) is 40.3 Å².